The lowest BCUT2D eigenvalue weighted by Crippen LogP contribution is -2.57. The number of nitrogens with zero attached hydrogens (tertiary/aromatic N) is 1. The number of thioether (sulfide) groups is 1. The smallest absolute Gasteiger partial charge is 0.394 e. The molecule has 11 nitrogen and oxygen atoms in total. The van der Waals surface area contributed by atoms with Crippen LogP contribution in [0.4, 0.5) is 0 Å². The average molecular weight is 438 g/mol. The maximum absolute atomic E-state index is 11.1. The van der Waals surface area contributed by atoms with E-state index in [0.29, 0.717) is 18.6 Å². The second-order valence-electron chi connectivity index (χ2n) is 5.54. The molecule has 3 unspecified atom stereocenters. The molecule has 0 aliphatic carbocycles. The van der Waals surface area contributed by atoms with E-state index in [1.165, 1.54) is 0 Å². The Kier molecular flexibility index (Phi) is 9.92. The van der Waals surface area contributed by atoms with Gasteiger partial charge in [0.15, 0.2) is 0 Å². The monoisotopic (exact) mass is 437 g/mol. The lowest BCUT2D eigenvalue weighted by molar-refractivity contribution is -0.205. The standard InChI is InChI=1S/C12H23NO10S3/c1-25(18)5-3-2-4-8(13-23-26(19,20)21)24-12-11(17)10(16)9(15)7(6-14)22-12/h7,9-12,14-17H,2-6H2,1H3,(H,19,20,21)/b13-8+/t7?,9?,10-,11?,12-,25+/m0/s1. The van der Waals surface area contributed by atoms with Crippen LogP contribution < -0.4 is 0 Å². The van der Waals surface area contributed by atoms with Gasteiger partial charge in [-0.3, -0.25) is 8.76 Å². The lowest BCUT2D eigenvalue weighted by Gasteiger charge is -2.39. The molecule has 0 spiro atoms. The number of oxime groups is 1. The minimum atomic E-state index is -4.83. The van der Waals surface area contributed by atoms with Crippen molar-refractivity contribution in [1.29, 1.82) is 0 Å². The van der Waals surface area contributed by atoms with Crippen LogP contribution in [0.5, 0.6) is 0 Å². The zero-order chi connectivity index (χ0) is 19.9. The molecule has 1 fully saturated rings. The first-order valence-electron chi connectivity index (χ1n) is 7.55. The van der Waals surface area contributed by atoms with Crippen molar-refractivity contribution in [2.24, 2.45) is 5.16 Å². The first-order valence-corrected chi connectivity index (χ1v) is 11.5. The summed E-state index contributed by atoms with van der Waals surface area (Å²) in [4.78, 5) is 0. The Morgan fingerprint density at radius 2 is 1.88 bits per heavy atom. The van der Waals surface area contributed by atoms with Crippen LogP contribution in [0.2, 0.25) is 0 Å². The van der Waals surface area contributed by atoms with E-state index in [1.807, 2.05) is 0 Å². The average Bonchev–Trinajstić information content (AvgIpc) is 2.55. The fourth-order valence-corrected chi connectivity index (χ4v) is 4.05. The number of aliphatic hydroxyl groups excluding tert-OH is 4. The quantitative estimate of drug-likeness (QED) is 0.0901. The van der Waals surface area contributed by atoms with Crippen molar-refractivity contribution in [2.75, 3.05) is 18.6 Å². The Hall–Kier alpha value is -0.320. The number of hydrogen-bond donors (Lipinski definition) is 5. The molecular formula is C12H23NO10S3. The highest BCUT2D eigenvalue weighted by Crippen LogP contribution is 2.30. The van der Waals surface area contributed by atoms with Gasteiger partial charge in [-0.15, -0.1) is 0 Å². The Bertz CT molecular complexity index is 596. The van der Waals surface area contributed by atoms with Crippen molar-refractivity contribution >= 4 is 38.0 Å². The summed E-state index contributed by atoms with van der Waals surface area (Å²) >= 11 is 0.717. The summed E-state index contributed by atoms with van der Waals surface area (Å²) in [5, 5.41) is 42.0. The van der Waals surface area contributed by atoms with Crippen molar-refractivity contribution in [3.05, 3.63) is 0 Å². The maximum atomic E-state index is 11.1. The largest absolute Gasteiger partial charge is 0.466 e. The summed E-state index contributed by atoms with van der Waals surface area (Å²) in [5.74, 6) is 0.428. The number of ether oxygens (including phenoxy) is 1. The summed E-state index contributed by atoms with van der Waals surface area (Å²) in [6, 6.07) is 0. The molecule has 0 aromatic carbocycles. The van der Waals surface area contributed by atoms with Crippen molar-refractivity contribution < 1.29 is 46.6 Å². The molecule has 0 aromatic rings. The van der Waals surface area contributed by atoms with Crippen LogP contribution >= 0.6 is 11.8 Å². The molecule has 5 N–H and O–H groups in total. The van der Waals surface area contributed by atoms with Crippen LogP contribution in [0.3, 0.4) is 0 Å². The van der Waals surface area contributed by atoms with E-state index in [2.05, 4.69) is 9.44 Å². The molecule has 6 atom stereocenters. The Balaban J connectivity index is 2.80. The Morgan fingerprint density at radius 1 is 1.23 bits per heavy atom. The highest BCUT2D eigenvalue weighted by molar-refractivity contribution is 8.14. The molecule has 1 saturated heterocycles. The summed E-state index contributed by atoms with van der Waals surface area (Å²) in [5.41, 5.74) is -1.17. The van der Waals surface area contributed by atoms with Gasteiger partial charge in [-0.2, -0.15) is 8.42 Å². The number of unbranched alkanes of at least 4 members (excludes halogenated alkanes) is 1. The minimum absolute atomic E-state index is 0.0221. The van der Waals surface area contributed by atoms with Gasteiger partial charge < -0.3 is 25.2 Å². The molecule has 14 heteroatoms. The summed E-state index contributed by atoms with van der Waals surface area (Å²) in [7, 11) is -5.83. The normalized spacial score (nSPS) is 31.6. The highest BCUT2D eigenvalue weighted by atomic mass is 32.3. The van der Waals surface area contributed by atoms with E-state index in [9.17, 15) is 27.9 Å². The predicted molar refractivity (Wildman–Crippen MR) is 94.2 cm³/mol. The Labute approximate surface area is 157 Å². The number of aliphatic hydroxyl groups is 4. The van der Waals surface area contributed by atoms with Gasteiger partial charge in [0.25, 0.3) is 0 Å². The molecule has 0 saturated carbocycles. The van der Waals surface area contributed by atoms with Crippen molar-refractivity contribution in [2.45, 2.75) is 49.1 Å². The molecule has 1 aliphatic rings. The van der Waals surface area contributed by atoms with Crippen LogP contribution in [-0.4, -0.2) is 91.1 Å². The van der Waals surface area contributed by atoms with Gasteiger partial charge in [0, 0.05) is 22.8 Å². The van der Waals surface area contributed by atoms with Crippen LogP contribution in [0.1, 0.15) is 19.3 Å². The van der Waals surface area contributed by atoms with Gasteiger partial charge in [-0.1, -0.05) is 16.9 Å². The second kappa shape index (κ2) is 10.9. The van der Waals surface area contributed by atoms with E-state index >= 15 is 0 Å². The van der Waals surface area contributed by atoms with E-state index < -0.39 is 57.7 Å². The van der Waals surface area contributed by atoms with E-state index in [0.717, 1.165) is 11.8 Å². The van der Waals surface area contributed by atoms with E-state index in [4.69, 9.17) is 14.4 Å². The molecule has 0 amide bonds. The molecule has 154 valence electrons. The predicted octanol–water partition coefficient (Wildman–Crippen LogP) is -1.80. The van der Waals surface area contributed by atoms with E-state index in [1.54, 1.807) is 6.26 Å². The van der Waals surface area contributed by atoms with Crippen LogP contribution in [0.15, 0.2) is 5.16 Å². The fraction of sp³-hybridized carbons (Fsp3) is 0.917. The van der Waals surface area contributed by atoms with Crippen LogP contribution in [-0.2, 0) is 30.2 Å². The van der Waals surface area contributed by atoms with Gasteiger partial charge in [-0.05, 0) is 19.3 Å². The molecule has 1 heterocycles. The molecule has 0 bridgehead atoms. The minimum Gasteiger partial charge on any atom is -0.394 e. The van der Waals surface area contributed by atoms with Crippen LogP contribution in [0, 0.1) is 0 Å². The van der Waals surface area contributed by atoms with Gasteiger partial charge in [0.2, 0.25) is 0 Å². The van der Waals surface area contributed by atoms with Crippen molar-refractivity contribution in [1.82, 2.24) is 0 Å². The van der Waals surface area contributed by atoms with Gasteiger partial charge in [0.1, 0.15) is 34.9 Å². The maximum Gasteiger partial charge on any atom is 0.466 e. The number of hydrogen-bond acceptors (Lipinski definition) is 11. The zero-order valence-corrected chi connectivity index (χ0v) is 16.3. The second-order valence-corrected chi connectivity index (χ2v) is 9.27. The summed E-state index contributed by atoms with van der Waals surface area (Å²) < 4.78 is 50.4. The molecule has 0 radical (unpaired) electrons. The topological polar surface area (TPSA) is 183 Å². The Morgan fingerprint density at radius 3 is 2.42 bits per heavy atom. The highest BCUT2D eigenvalue weighted by Gasteiger charge is 2.44. The molecule has 0 aromatic heterocycles. The molecular weight excluding hydrogens is 414 g/mol. The van der Waals surface area contributed by atoms with Crippen LogP contribution in [0.25, 0.3) is 0 Å². The van der Waals surface area contributed by atoms with Gasteiger partial charge >= 0.3 is 10.4 Å². The summed E-state index contributed by atoms with van der Waals surface area (Å²) in [6.07, 6.45) is -3.09. The van der Waals surface area contributed by atoms with Crippen molar-refractivity contribution in [3.63, 3.8) is 0 Å². The third-order valence-electron chi connectivity index (χ3n) is 3.41. The number of rotatable bonds is 9. The molecule has 1 rings (SSSR count). The molecule has 26 heavy (non-hydrogen) atoms. The summed E-state index contributed by atoms with van der Waals surface area (Å²) in [6.45, 7) is -0.613. The SMILES string of the molecule is C[S@@](=O)CCCC/C(=N\OS(=O)(=O)O)S[C@@H]1OC(CO)C(O)[C@H](O)C1O. The first kappa shape index (κ1) is 23.7. The van der Waals surface area contributed by atoms with Gasteiger partial charge in [0.05, 0.1) is 6.61 Å². The van der Waals surface area contributed by atoms with E-state index in [-0.39, 0.29) is 11.5 Å². The zero-order valence-electron chi connectivity index (χ0n) is 13.9. The molecule has 1 aliphatic heterocycles. The first-order chi connectivity index (χ1) is 12.0. The van der Waals surface area contributed by atoms with Crippen molar-refractivity contribution in [3.8, 4) is 0 Å². The third-order valence-corrected chi connectivity index (χ3v) is 5.71. The van der Waals surface area contributed by atoms with Gasteiger partial charge in [-0.25, -0.2) is 4.28 Å². The lowest BCUT2D eigenvalue weighted by atomic mass is 10.0. The fourth-order valence-electron chi connectivity index (χ4n) is 2.10. The third kappa shape index (κ3) is 8.14.